The topological polar surface area (TPSA) is 99.1 Å². The number of nitrogens with zero attached hydrogens (tertiary/aromatic N) is 1. The minimum absolute atomic E-state index is 0.0552. The lowest BCUT2D eigenvalue weighted by atomic mass is 10.3. The molecule has 0 saturated heterocycles. The molecule has 0 spiro atoms. The molecule has 15 heavy (non-hydrogen) atoms. The van der Waals surface area contributed by atoms with Gasteiger partial charge in [-0.2, -0.15) is 5.26 Å². The molecular weight excluding hydrogens is 218 g/mol. The summed E-state index contributed by atoms with van der Waals surface area (Å²) in [5, 5.41) is 10.8. The Kier molecular flexibility index (Phi) is 5.25. The van der Waals surface area contributed by atoms with Crippen LogP contribution in [0.4, 0.5) is 0 Å². The molecule has 0 heterocycles. The molecule has 0 saturated carbocycles. The molecule has 0 fully saturated rings. The van der Waals surface area contributed by atoms with Crippen LogP contribution in [0.2, 0.25) is 0 Å². The molecule has 0 rings (SSSR count). The van der Waals surface area contributed by atoms with E-state index in [-0.39, 0.29) is 6.04 Å². The monoisotopic (exact) mass is 233 g/mol. The summed E-state index contributed by atoms with van der Waals surface area (Å²) in [6.45, 7) is 4.97. The van der Waals surface area contributed by atoms with Crippen molar-refractivity contribution < 1.29 is 13.2 Å². The van der Waals surface area contributed by atoms with Crippen molar-refractivity contribution in [2.45, 2.75) is 32.9 Å². The molecule has 1 amide bonds. The van der Waals surface area contributed by atoms with Crippen molar-refractivity contribution in [1.82, 2.24) is 10.0 Å². The second-order valence-electron chi connectivity index (χ2n) is 3.42. The van der Waals surface area contributed by atoms with Crippen molar-refractivity contribution in [3.63, 3.8) is 0 Å². The van der Waals surface area contributed by atoms with Crippen LogP contribution in [-0.4, -0.2) is 32.2 Å². The number of sulfonamides is 1. The summed E-state index contributed by atoms with van der Waals surface area (Å²) in [6, 6.07) is 0.586. The largest absolute Gasteiger partial charge is 0.353 e. The van der Waals surface area contributed by atoms with Crippen molar-refractivity contribution in [3.8, 4) is 6.07 Å². The van der Waals surface area contributed by atoms with Crippen LogP contribution in [0.1, 0.15) is 20.8 Å². The van der Waals surface area contributed by atoms with E-state index < -0.39 is 27.7 Å². The average molecular weight is 233 g/mol. The Morgan fingerprint density at radius 3 is 2.33 bits per heavy atom. The summed E-state index contributed by atoms with van der Waals surface area (Å²) >= 11 is 0. The third-order valence-electron chi connectivity index (χ3n) is 1.44. The maximum absolute atomic E-state index is 11.3. The number of rotatable bonds is 5. The zero-order valence-corrected chi connectivity index (χ0v) is 9.76. The molecule has 7 heteroatoms. The molecular formula is C8H15N3O3S. The van der Waals surface area contributed by atoms with Gasteiger partial charge in [0.2, 0.25) is 15.9 Å². The summed E-state index contributed by atoms with van der Waals surface area (Å²) in [5.74, 6) is -1.06. The van der Waals surface area contributed by atoms with Gasteiger partial charge in [0.25, 0.3) is 0 Å². The van der Waals surface area contributed by atoms with Gasteiger partial charge in [0.15, 0.2) is 5.75 Å². The normalized spacial score (nSPS) is 13.3. The third-order valence-corrected chi connectivity index (χ3v) is 2.66. The molecule has 2 N–H and O–H groups in total. The zero-order chi connectivity index (χ0) is 12.1. The fraction of sp³-hybridized carbons (Fsp3) is 0.750. The Balaban J connectivity index is 4.32. The van der Waals surface area contributed by atoms with Crippen molar-refractivity contribution in [3.05, 3.63) is 0 Å². The lowest BCUT2D eigenvalue weighted by Gasteiger charge is -2.14. The van der Waals surface area contributed by atoms with E-state index in [1.807, 2.05) is 0 Å². The molecule has 0 aromatic rings. The SMILES string of the molecule is CC(C)NC(=O)C(C)NS(=O)(=O)CC#N. The van der Waals surface area contributed by atoms with E-state index in [1.54, 1.807) is 13.8 Å². The first-order valence-corrected chi connectivity index (χ1v) is 6.11. The van der Waals surface area contributed by atoms with Crippen LogP contribution in [-0.2, 0) is 14.8 Å². The number of amides is 1. The van der Waals surface area contributed by atoms with Gasteiger partial charge in [0.1, 0.15) is 0 Å². The van der Waals surface area contributed by atoms with Gasteiger partial charge >= 0.3 is 0 Å². The summed E-state index contributed by atoms with van der Waals surface area (Å²) in [4.78, 5) is 11.3. The van der Waals surface area contributed by atoms with Crippen LogP contribution < -0.4 is 10.0 Å². The van der Waals surface area contributed by atoms with Gasteiger partial charge in [-0.1, -0.05) is 0 Å². The lowest BCUT2D eigenvalue weighted by molar-refractivity contribution is -0.122. The van der Waals surface area contributed by atoms with Crippen LogP contribution in [0, 0.1) is 11.3 Å². The molecule has 0 aromatic carbocycles. The molecule has 0 aromatic heterocycles. The van der Waals surface area contributed by atoms with E-state index in [9.17, 15) is 13.2 Å². The number of nitriles is 1. The molecule has 0 aliphatic rings. The second kappa shape index (κ2) is 5.68. The minimum atomic E-state index is -3.68. The van der Waals surface area contributed by atoms with E-state index >= 15 is 0 Å². The Bertz CT molecular complexity index is 356. The zero-order valence-electron chi connectivity index (χ0n) is 8.94. The second-order valence-corrected chi connectivity index (χ2v) is 5.17. The maximum atomic E-state index is 11.3. The fourth-order valence-corrected chi connectivity index (χ4v) is 1.76. The number of nitrogens with one attached hydrogen (secondary N) is 2. The van der Waals surface area contributed by atoms with Gasteiger partial charge in [0.05, 0.1) is 12.1 Å². The Hall–Kier alpha value is -1.13. The number of hydrogen-bond acceptors (Lipinski definition) is 4. The summed E-state index contributed by atoms with van der Waals surface area (Å²) < 4.78 is 24.3. The van der Waals surface area contributed by atoms with Gasteiger partial charge in [-0.15, -0.1) is 0 Å². The van der Waals surface area contributed by atoms with E-state index in [1.165, 1.54) is 13.0 Å². The highest BCUT2D eigenvalue weighted by molar-refractivity contribution is 7.89. The highest BCUT2D eigenvalue weighted by Crippen LogP contribution is 1.90. The molecule has 0 radical (unpaired) electrons. The molecule has 0 aliphatic heterocycles. The van der Waals surface area contributed by atoms with Gasteiger partial charge in [0, 0.05) is 6.04 Å². The molecule has 0 aliphatic carbocycles. The number of carbonyl (C=O) groups excluding carboxylic acids is 1. The summed E-state index contributed by atoms with van der Waals surface area (Å²) in [6.07, 6.45) is 0. The van der Waals surface area contributed by atoms with Crippen molar-refractivity contribution >= 4 is 15.9 Å². The van der Waals surface area contributed by atoms with Gasteiger partial charge < -0.3 is 5.32 Å². The lowest BCUT2D eigenvalue weighted by Crippen LogP contribution is -2.47. The van der Waals surface area contributed by atoms with Crippen LogP contribution in [0.15, 0.2) is 0 Å². The Labute approximate surface area is 89.7 Å². The standard InChI is InChI=1S/C8H15N3O3S/c1-6(2)10-8(12)7(3)11-15(13,14)5-4-9/h6-7,11H,5H2,1-3H3,(H,10,12). The predicted octanol–water partition coefficient (Wildman–Crippen LogP) is -0.658. The summed E-state index contributed by atoms with van der Waals surface area (Å²) in [7, 11) is -3.68. The number of hydrogen-bond donors (Lipinski definition) is 2. The highest BCUT2D eigenvalue weighted by Gasteiger charge is 2.19. The van der Waals surface area contributed by atoms with Crippen molar-refractivity contribution in [2.24, 2.45) is 0 Å². The van der Waals surface area contributed by atoms with Crippen LogP contribution in [0.5, 0.6) is 0 Å². The van der Waals surface area contributed by atoms with Crippen molar-refractivity contribution in [1.29, 1.82) is 5.26 Å². The third kappa shape index (κ3) is 6.04. The minimum Gasteiger partial charge on any atom is -0.353 e. The van der Waals surface area contributed by atoms with Gasteiger partial charge in [-0.3, -0.25) is 4.79 Å². The molecule has 1 unspecified atom stereocenters. The molecule has 1 atom stereocenters. The molecule has 0 bridgehead atoms. The van der Waals surface area contributed by atoms with E-state index in [2.05, 4.69) is 10.0 Å². The quantitative estimate of drug-likeness (QED) is 0.658. The van der Waals surface area contributed by atoms with Gasteiger partial charge in [-0.25, -0.2) is 13.1 Å². The first kappa shape index (κ1) is 13.9. The van der Waals surface area contributed by atoms with E-state index in [0.717, 1.165) is 0 Å². The fourth-order valence-electron chi connectivity index (χ4n) is 0.859. The molecule has 86 valence electrons. The molecule has 6 nitrogen and oxygen atoms in total. The Morgan fingerprint density at radius 2 is 1.93 bits per heavy atom. The first-order chi connectivity index (χ1) is 6.78. The van der Waals surface area contributed by atoms with Crippen LogP contribution in [0.3, 0.4) is 0 Å². The first-order valence-electron chi connectivity index (χ1n) is 4.46. The average Bonchev–Trinajstić information content (AvgIpc) is 2.01. The van der Waals surface area contributed by atoms with Crippen LogP contribution in [0.25, 0.3) is 0 Å². The highest BCUT2D eigenvalue weighted by atomic mass is 32.2. The van der Waals surface area contributed by atoms with E-state index in [0.29, 0.717) is 0 Å². The van der Waals surface area contributed by atoms with Gasteiger partial charge in [-0.05, 0) is 20.8 Å². The summed E-state index contributed by atoms with van der Waals surface area (Å²) in [5.41, 5.74) is 0. The Morgan fingerprint density at radius 1 is 1.40 bits per heavy atom. The number of carbonyl (C=O) groups is 1. The maximum Gasteiger partial charge on any atom is 0.238 e. The van der Waals surface area contributed by atoms with Crippen molar-refractivity contribution in [2.75, 3.05) is 5.75 Å². The van der Waals surface area contributed by atoms with Crippen LogP contribution >= 0.6 is 0 Å². The smallest absolute Gasteiger partial charge is 0.238 e. The van der Waals surface area contributed by atoms with E-state index in [4.69, 9.17) is 5.26 Å². The predicted molar refractivity (Wildman–Crippen MR) is 55.3 cm³/mol.